The molecule has 0 atom stereocenters. The topological polar surface area (TPSA) is 44.2 Å². The Morgan fingerprint density at radius 1 is 0.947 bits per heavy atom. The molecule has 0 spiro atoms. The minimum atomic E-state index is 0.422. The first kappa shape index (κ1) is 15.7. The summed E-state index contributed by atoms with van der Waals surface area (Å²) in [7, 11) is 3.31. The molecule has 19 heavy (non-hydrogen) atoms. The van der Waals surface area contributed by atoms with Crippen LogP contribution in [0.4, 0.5) is 0 Å². The van der Waals surface area contributed by atoms with E-state index in [1.54, 1.807) is 14.2 Å². The van der Waals surface area contributed by atoms with Crippen LogP contribution in [-0.2, 0) is 0 Å². The van der Waals surface area contributed by atoms with Gasteiger partial charge in [0.2, 0.25) is 11.8 Å². The molecule has 0 aliphatic rings. The third-order valence-corrected chi connectivity index (χ3v) is 3.42. The van der Waals surface area contributed by atoms with Crippen molar-refractivity contribution in [2.75, 3.05) is 14.2 Å². The van der Waals surface area contributed by atoms with Crippen LogP contribution in [0.3, 0.4) is 0 Å². The average Bonchev–Trinajstić information content (AvgIpc) is 2.46. The van der Waals surface area contributed by atoms with Gasteiger partial charge in [0.1, 0.15) is 6.33 Å². The van der Waals surface area contributed by atoms with Gasteiger partial charge in [-0.05, 0) is 18.8 Å². The molecule has 0 unspecified atom stereocenters. The Hall–Kier alpha value is -1.32. The molecule has 0 N–H and O–H groups in total. The number of hydrogen-bond acceptors (Lipinski definition) is 4. The van der Waals surface area contributed by atoms with Gasteiger partial charge in [-0.15, -0.1) is 0 Å². The first-order chi connectivity index (χ1) is 9.28. The van der Waals surface area contributed by atoms with E-state index in [9.17, 15) is 0 Å². The zero-order valence-electron chi connectivity index (χ0n) is 12.6. The van der Waals surface area contributed by atoms with Gasteiger partial charge in [0.15, 0.2) is 0 Å². The van der Waals surface area contributed by atoms with E-state index in [1.165, 1.54) is 32.0 Å². The fourth-order valence-electron chi connectivity index (χ4n) is 2.37. The molecule has 0 aromatic carbocycles. The quantitative estimate of drug-likeness (QED) is 0.678. The van der Waals surface area contributed by atoms with E-state index < -0.39 is 0 Å². The van der Waals surface area contributed by atoms with Crippen molar-refractivity contribution in [1.29, 1.82) is 0 Å². The van der Waals surface area contributed by atoms with E-state index in [-0.39, 0.29) is 0 Å². The lowest BCUT2D eigenvalue weighted by molar-refractivity contribution is 0.348. The normalized spacial score (nSPS) is 10.8. The number of hydrogen-bond donors (Lipinski definition) is 0. The van der Waals surface area contributed by atoms with Gasteiger partial charge in [-0.2, -0.15) is 0 Å². The maximum Gasteiger partial charge on any atom is 0.223 e. The molecule has 108 valence electrons. The molecule has 0 fully saturated rings. The predicted octanol–water partition coefficient (Wildman–Crippen LogP) is 3.96. The van der Waals surface area contributed by atoms with E-state index in [4.69, 9.17) is 9.47 Å². The highest BCUT2D eigenvalue weighted by Crippen LogP contribution is 2.37. The zero-order chi connectivity index (χ0) is 14.1. The summed E-state index contributed by atoms with van der Waals surface area (Å²) in [5, 5.41) is 0. The number of rotatable bonds is 9. The van der Waals surface area contributed by atoms with Crippen LogP contribution < -0.4 is 9.47 Å². The highest BCUT2D eigenvalue weighted by molar-refractivity contribution is 5.37. The predicted molar refractivity (Wildman–Crippen MR) is 76.9 cm³/mol. The Labute approximate surface area is 116 Å². The summed E-state index contributed by atoms with van der Waals surface area (Å²) in [5.41, 5.74) is 1.04. The molecule has 1 heterocycles. The number of unbranched alkanes of at least 4 members (excludes halogenated alkanes) is 2. The van der Waals surface area contributed by atoms with Gasteiger partial charge < -0.3 is 9.47 Å². The van der Waals surface area contributed by atoms with Gasteiger partial charge in [0.25, 0.3) is 0 Å². The van der Waals surface area contributed by atoms with Gasteiger partial charge in [0, 0.05) is 0 Å². The largest absolute Gasteiger partial charge is 0.481 e. The minimum absolute atomic E-state index is 0.422. The van der Waals surface area contributed by atoms with Crippen molar-refractivity contribution < 1.29 is 9.47 Å². The SMILES string of the molecule is CCCCC(CCCC)c1c(OC)ncnc1OC. The van der Waals surface area contributed by atoms with Crippen molar-refractivity contribution in [3.63, 3.8) is 0 Å². The van der Waals surface area contributed by atoms with E-state index in [0.717, 1.165) is 18.4 Å². The van der Waals surface area contributed by atoms with Gasteiger partial charge in [-0.25, -0.2) is 9.97 Å². The lowest BCUT2D eigenvalue weighted by Crippen LogP contribution is -2.07. The van der Waals surface area contributed by atoms with Crippen LogP contribution in [0, 0.1) is 0 Å². The second kappa shape index (κ2) is 8.73. The molecule has 1 aromatic heterocycles. The van der Waals surface area contributed by atoms with Crippen LogP contribution in [0.15, 0.2) is 6.33 Å². The van der Waals surface area contributed by atoms with E-state index in [1.807, 2.05) is 0 Å². The molecule has 0 saturated heterocycles. The Morgan fingerprint density at radius 2 is 1.42 bits per heavy atom. The third-order valence-electron chi connectivity index (χ3n) is 3.42. The number of ether oxygens (including phenoxy) is 2. The molecule has 0 saturated carbocycles. The molecule has 0 aliphatic carbocycles. The van der Waals surface area contributed by atoms with Crippen molar-refractivity contribution in [2.45, 2.75) is 58.3 Å². The van der Waals surface area contributed by atoms with Crippen molar-refractivity contribution in [3.05, 3.63) is 11.9 Å². The second-order valence-corrected chi connectivity index (χ2v) is 4.79. The summed E-state index contributed by atoms with van der Waals surface area (Å²) in [6.45, 7) is 4.43. The Kier molecular flexibility index (Phi) is 7.23. The zero-order valence-corrected chi connectivity index (χ0v) is 12.6. The number of methoxy groups -OCH3 is 2. The molecule has 0 aliphatic heterocycles. The van der Waals surface area contributed by atoms with Crippen LogP contribution in [0.1, 0.15) is 63.9 Å². The first-order valence-corrected chi connectivity index (χ1v) is 7.21. The molecule has 0 amide bonds. The van der Waals surface area contributed by atoms with E-state index in [2.05, 4.69) is 23.8 Å². The molecule has 1 aromatic rings. The molecule has 0 bridgehead atoms. The Morgan fingerprint density at radius 3 is 1.79 bits per heavy atom. The van der Waals surface area contributed by atoms with Crippen LogP contribution >= 0.6 is 0 Å². The standard InChI is InChI=1S/C15H26N2O2/c1-5-7-9-12(10-8-6-2)13-14(18-3)16-11-17-15(13)19-4/h11-12H,5-10H2,1-4H3. The average molecular weight is 266 g/mol. The van der Waals surface area contributed by atoms with E-state index >= 15 is 0 Å². The van der Waals surface area contributed by atoms with Gasteiger partial charge >= 0.3 is 0 Å². The van der Waals surface area contributed by atoms with Crippen molar-refractivity contribution >= 4 is 0 Å². The smallest absolute Gasteiger partial charge is 0.223 e. The minimum Gasteiger partial charge on any atom is -0.481 e. The summed E-state index contributed by atoms with van der Waals surface area (Å²) in [6, 6.07) is 0. The van der Waals surface area contributed by atoms with Crippen LogP contribution in [-0.4, -0.2) is 24.2 Å². The van der Waals surface area contributed by atoms with Gasteiger partial charge in [-0.1, -0.05) is 39.5 Å². The molecule has 4 nitrogen and oxygen atoms in total. The molecule has 0 radical (unpaired) electrons. The lowest BCUT2D eigenvalue weighted by atomic mass is 9.90. The summed E-state index contributed by atoms with van der Waals surface area (Å²) < 4.78 is 10.8. The molecular formula is C15H26N2O2. The maximum absolute atomic E-state index is 5.40. The van der Waals surface area contributed by atoms with Crippen LogP contribution in [0.2, 0.25) is 0 Å². The Balaban J connectivity index is 3.03. The maximum atomic E-state index is 5.40. The molecule has 4 heteroatoms. The molecule has 1 rings (SSSR count). The summed E-state index contributed by atoms with van der Waals surface area (Å²) >= 11 is 0. The summed E-state index contributed by atoms with van der Waals surface area (Å²) in [6.07, 6.45) is 8.57. The summed E-state index contributed by atoms with van der Waals surface area (Å²) in [4.78, 5) is 8.46. The fraction of sp³-hybridized carbons (Fsp3) is 0.733. The summed E-state index contributed by atoms with van der Waals surface area (Å²) in [5.74, 6) is 1.74. The van der Waals surface area contributed by atoms with Crippen molar-refractivity contribution in [1.82, 2.24) is 9.97 Å². The van der Waals surface area contributed by atoms with Gasteiger partial charge in [-0.3, -0.25) is 0 Å². The lowest BCUT2D eigenvalue weighted by Gasteiger charge is -2.20. The molecular weight excluding hydrogens is 240 g/mol. The highest BCUT2D eigenvalue weighted by Gasteiger charge is 2.22. The van der Waals surface area contributed by atoms with E-state index in [0.29, 0.717) is 17.7 Å². The van der Waals surface area contributed by atoms with Crippen LogP contribution in [0.25, 0.3) is 0 Å². The van der Waals surface area contributed by atoms with Gasteiger partial charge in [0.05, 0.1) is 19.8 Å². The monoisotopic (exact) mass is 266 g/mol. The Bertz CT molecular complexity index is 339. The second-order valence-electron chi connectivity index (χ2n) is 4.79. The fourth-order valence-corrected chi connectivity index (χ4v) is 2.37. The number of nitrogens with zero attached hydrogens (tertiary/aromatic N) is 2. The van der Waals surface area contributed by atoms with Crippen molar-refractivity contribution in [2.24, 2.45) is 0 Å². The van der Waals surface area contributed by atoms with Crippen molar-refractivity contribution in [3.8, 4) is 11.8 Å². The number of aromatic nitrogens is 2. The third kappa shape index (κ3) is 4.37. The first-order valence-electron chi connectivity index (χ1n) is 7.21. The highest BCUT2D eigenvalue weighted by atomic mass is 16.5. The van der Waals surface area contributed by atoms with Crippen LogP contribution in [0.5, 0.6) is 11.8 Å².